The predicted octanol–water partition coefficient (Wildman–Crippen LogP) is 1.96. The van der Waals surface area contributed by atoms with Crippen LogP contribution in [0.2, 0.25) is 0 Å². The van der Waals surface area contributed by atoms with E-state index in [4.69, 9.17) is 14.6 Å². The summed E-state index contributed by atoms with van der Waals surface area (Å²) >= 11 is 0. The summed E-state index contributed by atoms with van der Waals surface area (Å²) < 4.78 is 11.1. The number of hydrogen-bond donors (Lipinski definition) is 1. The van der Waals surface area contributed by atoms with Gasteiger partial charge in [-0.1, -0.05) is 6.58 Å². The predicted molar refractivity (Wildman–Crippen MR) is 67.1 cm³/mol. The van der Waals surface area contributed by atoms with Gasteiger partial charge in [0.05, 0.1) is 12.2 Å². The van der Waals surface area contributed by atoms with Crippen LogP contribution in [0, 0.1) is 0 Å². The Bertz CT molecular complexity index is 313. The smallest absolute Gasteiger partial charge is 0.306 e. The number of aliphatic hydroxyl groups excluding tert-OH is 1. The van der Waals surface area contributed by atoms with Gasteiger partial charge < -0.3 is 14.6 Å². The molecule has 0 aliphatic carbocycles. The van der Waals surface area contributed by atoms with Gasteiger partial charge in [-0.05, 0) is 44.1 Å². The lowest BCUT2D eigenvalue weighted by Crippen LogP contribution is -2.15. The van der Waals surface area contributed by atoms with E-state index in [1.54, 1.807) is 0 Å². The second-order valence-electron chi connectivity index (χ2n) is 5.20. The fraction of sp³-hybridized carbons (Fsp3) is 0.786. The van der Waals surface area contributed by atoms with Crippen molar-refractivity contribution in [1.82, 2.24) is 0 Å². The van der Waals surface area contributed by atoms with E-state index < -0.39 is 0 Å². The van der Waals surface area contributed by atoms with Crippen molar-refractivity contribution in [2.24, 2.45) is 0 Å². The van der Waals surface area contributed by atoms with Gasteiger partial charge in [-0.2, -0.15) is 0 Å². The maximum Gasteiger partial charge on any atom is 0.306 e. The number of rotatable bonds is 6. The van der Waals surface area contributed by atoms with Gasteiger partial charge in [0.25, 0.3) is 0 Å². The van der Waals surface area contributed by atoms with Crippen LogP contribution >= 0.6 is 0 Å². The van der Waals surface area contributed by atoms with E-state index in [1.165, 1.54) is 0 Å². The Morgan fingerprint density at radius 1 is 1.28 bits per heavy atom. The molecule has 18 heavy (non-hydrogen) atoms. The molecule has 2 aliphatic heterocycles. The third kappa shape index (κ3) is 3.56. The summed E-state index contributed by atoms with van der Waals surface area (Å²) in [6, 6.07) is 0. The van der Waals surface area contributed by atoms with Crippen LogP contribution in [0.25, 0.3) is 0 Å². The van der Waals surface area contributed by atoms with Gasteiger partial charge in [0, 0.05) is 13.0 Å². The zero-order chi connectivity index (χ0) is 13.0. The minimum Gasteiger partial charge on any atom is -0.462 e. The number of cyclic esters (lactones) is 1. The molecule has 0 radical (unpaired) electrons. The van der Waals surface area contributed by atoms with Gasteiger partial charge in [-0.15, -0.1) is 0 Å². The fourth-order valence-corrected chi connectivity index (χ4v) is 2.68. The highest BCUT2D eigenvalue weighted by Crippen LogP contribution is 2.31. The Labute approximate surface area is 108 Å². The van der Waals surface area contributed by atoms with Crippen molar-refractivity contribution in [2.45, 2.75) is 63.3 Å². The molecule has 4 heteroatoms. The first-order valence-electron chi connectivity index (χ1n) is 6.82. The molecule has 2 saturated heterocycles. The average molecular weight is 254 g/mol. The molecule has 2 fully saturated rings. The first kappa shape index (κ1) is 13.6. The highest BCUT2D eigenvalue weighted by molar-refractivity contribution is 5.71. The molecule has 0 spiro atoms. The maximum absolute atomic E-state index is 11.0. The topological polar surface area (TPSA) is 55.8 Å². The maximum atomic E-state index is 11.0. The van der Waals surface area contributed by atoms with E-state index in [0.717, 1.165) is 44.1 Å². The van der Waals surface area contributed by atoms with Crippen LogP contribution in [-0.2, 0) is 14.3 Å². The lowest BCUT2D eigenvalue weighted by Gasteiger charge is -2.15. The van der Waals surface area contributed by atoms with E-state index >= 15 is 0 Å². The van der Waals surface area contributed by atoms with Gasteiger partial charge in [-0.3, -0.25) is 4.79 Å². The molecule has 102 valence electrons. The van der Waals surface area contributed by atoms with Crippen LogP contribution in [0.15, 0.2) is 12.2 Å². The number of carbonyl (C=O) groups is 1. The molecule has 4 nitrogen and oxygen atoms in total. The monoisotopic (exact) mass is 254 g/mol. The molecule has 1 N–H and O–H groups in total. The quantitative estimate of drug-likeness (QED) is 0.581. The van der Waals surface area contributed by atoms with Crippen LogP contribution in [0.4, 0.5) is 0 Å². The minimum atomic E-state index is -0.0769. The summed E-state index contributed by atoms with van der Waals surface area (Å²) in [7, 11) is 0. The Morgan fingerprint density at radius 2 is 2.11 bits per heavy atom. The number of carbonyl (C=O) groups excluding carboxylic acids is 1. The molecule has 0 amide bonds. The largest absolute Gasteiger partial charge is 0.462 e. The van der Waals surface area contributed by atoms with Crippen LogP contribution in [0.1, 0.15) is 44.9 Å². The van der Waals surface area contributed by atoms with Crippen molar-refractivity contribution in [2.75, 3.05) is 6.61 Å². The van der Waals surface area contributed by atoms with Crippen LogP contribution in [-0.4, -0.2) is 36.0 Å². The van der Waals surface area contributed by atoms with Gasteiger partial charge in [0.2, 0.25) is 0 Å². The number of aliphatic hydroxyl groups is 1. The summed E-state index contributed by atoms with van der Waals surface area (Å²) in [4.78, 5) is 11.0. The number of ether oxygens (including phenoxy) is 2. The summed E-state index contributed by atoms with van der Waals surface area (Å²) in [6.45, 7) is 4.28. The molecule has 2 heterocycles. The van der Waals surface area contributed by atoms with E-state index in [9.17, 15) is 4.79 Å². The Kier molecular flexibility index (Phi) is 4.78. The normalized spacial score (nSPS) is 31.9. The summed E-state index contributed by atoms with van der Waals surface area (Å²) in [6.07, 6.45) is 6.10. The lowest BCUT2D eigenvalue weighted by molar-refractivity contribution is -0.141. The molecule has 3 atom stereocenters. The highest BCUT2D eigenvalue weighted by Gasteiger charge is 2.30. The Hall–Kier alpha value is -0.870. The molecule has 2 rings (SSSR count). The van der Waals surface area contributed by atoms with E-state index in [-0.39, 0.29) is 30.9 Å². The first-order valence-corrected chi connectivity index (χ1v) is 6.82. The van der Waals surface area contributed by atoms with Gasteiger partial charge in [-0.25, -0.2) is 0 Å². The average Bonchev–Trinajstić information content (AvgIpc) is 2.90. The van der Waals surface area contributed by atoms with Crippen molar-refractivity contribution >= 4 is 5.97 Å². The number of hydrogen-bond acceptors (Lipinski definition) is 4. The highest BCUT2D eigenvalue weighted by atomic mass is 16.5. The van der Waals surface area contributed by atoms with Crippen LogP contribution in [0.3, 0.4) is 0 Å². The molecule has 0 bridgehead atoms. The minimum absolute atomic E-state index is 0.0744. The van der Waals surface area contributed by atoms with Crippen LogP contribution in [0.5, 0.6) is 0 Å². The van der Waals surface area contributed by atoms with Crippen LogP contribution < -0.4 is 0 Å². The summed E-state index contributed by atoms with van der Waals surface area (Å²) in [5.41, 5.74) is 1.14. The molecule has 2 aliphatic rings. The van der Waals surface area contributed by atoms with Crippen molar-refractivity contribution in [3.63, 3.8) is 0 Å². The van der Waals surface area contributed by atoms with Crippen molar-refractivity contribution in [1.29, 1.82) is 0 Å². The van der Waals surface area contributed by atoms with Crippen molar-refractivity contribution in [3.05, 3.63) is 12.2 Å². The standard InChI is InChI=1S/C14H22O4/c1-10-9-12(3-2-8-15)17-13(10)6-4-11-5-7-14(16)18-11/h11-13,15H,1-9H2/t11-,12+,13?/m1/s1. The van der Waals surface area contributed by atoms with Gasteiger partial charge in [0.15, 0.2) is 0 Å². The molecule has 0 aromatic carbocycles. The summed E-state index contributed by atoms with van der Waals surface area (Å²) in [5, 5.41) is 8.80. The van der Waals surface area contributed by atoms with E-state index in [2.05, 4.69) is 6.58 Å². The fourth-order valence-electron chi connectivity index (χ4n) is 2.68. The molecule has 1 unspecified atom stereocenters. The molecule has 0 saturated carbocycles. The third-order valence-corrected chi connectivity index (χ3v) is 3.71. The number of esters is 1. The van der Waals surface area contributed by atoms with E-state index in [0.29, 0.717) is 6.42 Å². The van der Waals surface area contributed by atoms with Crippen molar-refractivity contribution in [3.8, 4) is 0 Å². The Morgan fingerprint density at radius 3 is 2.78 bits per heavy atom. The van der Waals surface area contributed by atoms with Gasteiger partial charge >= 0.3 is 5.97 Å². The lowest BCUT2D eigenvalue weighted by atomic mass is 10.0. The second-order valence-corrected chi connectivity index (χ2v) is 5.20. The van der Waals surface area contributed by atoms with E-state index in [1.807, 2.05) is 0 Å². The summed E-state index contributed by atoms with van der Waals surface area (Å²) in [5.74, 6) is -0.0769. The zero-order valence-electron chi connectivity index (χ0n) is 10.8. The second kappa shape index (κ2) is 6.34. The first-order chi connectivity index (χ1) is 8.69. The molecule has 0 aromatic rings. The van der Waals surface area contributed by atoms with Gasteiger partial charge in [0.1, 0.15) is 6.10 Å². The molecule has 0 aromatic heterocycles. The van der Waals surface area contributed by atoms with Crippen molar-refractivity contribution < 1.29 is 19.4 Å². The third-order valence-electron chi connectivity index (χ3n) is 3.71. The molecular formula is C14H22O4. The Balaban J connectivity index is 1.69. The SMILES string of the molecule is C=C1C[C@H](CCCO)OC1CC[C@@H]1CCC(=O)O1. The zero-order valence-corrected chi connectivity index (χ0v) is 10.8. The molecular weight excluding hydrogens is 232 g/mol.